The van der Waals surface area contributed by atoms with Crippen LogP contribution in [0.2, 0.25) is 0 Å². The summed E-state index contributed by atoms with van der Waals surface area (Å²) >= 11 is 1.59. The van der Waals surface area contributed by atoms with Crippen LogP contribution in [-0.4, -0.2) is 80.4 Å². The fraction of sp³-hybridized carbons (Fsp3) is 0.567. The molecule has 2 saturated heterocycles. The van der Waals surface area contributed by atoms with Gasteiger partial charge in [0.2, 0.25) is 11.8 Å². The molecule has 1 N–H and O–H groups in total. The highest BCUT2D eigenvalue weighted by atomic mass is 32.2. The van der Waals surface area contributed by atoms with E-state index in [-0.39, 0.29) is 24.3 Å². The van der Waals surface area contributed by atoms with E-state index in [1.165, 1.54) is 0 Å². The third-order valence-corrected chi connectivity index (χ3v) is 10.6. The van der Waals surface area contributed by atoms with Gasteiger partial charge in [0.05, 0.1) is 29.2 Å². The first kappa shape index (κ1) is 27.0. The van der Waals surface area contributed by atoms with Crippen molar-refractivity contribution in [3.05, 3.63) is 53.6 Å². The molecule has 1 aromatic rings. The summed E-state index contributed by atoms with van der Waals surface area (Å²) in [4.78, 5) is 48.4. The lowest BCUT2D eigenvalue weighted by molar-refractivity contribution is -0.145. The smallest absolute Gasteiger partial charge is 0.251 e. The summed E-state index contributed by atoms with van der Waals surface area (Å²) in [5.74, 6) is -1.63. The van der Waals surface area contributed by atoms with Gasteiger partial charge in [0, 0.05) is 30.1 Å². The van der Waals surface area contributed by atoms with Crippen molar-refractivity contribution in [1.29, 1.82) is 0 Å². The Morgan fingerprint density at radius 1 is 1.03 bits per heavy atom. The summed E-state index contributed by atoms with van der Waals surface area (Å²) in [7, 11) is 0. The first-order valence-corrected chi connectivity index (χ1v) is 14.6. The van der Waals surface area contributed by atoms with Gasteiger partial charge in [-0.2, -0.15) is 0 Å². The molecule has 0 radical (unpaired) electrons. The molecule has 3 amide bonds. The van der Waals surface area contributed by atoms with Crippen molar-refractivity contribution in [2.45, 2.75) is 69.0 Å². The Bertz CT molecular complexity index is 1210. The molecule has 0 aromatic heterocycles. The number of anilines is 1. The molecule has 2 fully saturated rings. The Labute approximate surface area is 229 Å². The Morgan fingerprint density at radius 2 is 1.76 bits per heavy atom. The lowest BCUT2D eigenvalue weighted by Gasteiger charge is -2.39. The van der Waals surface area contributed by atoms with Crippen LogP contribution in [0, 0.1) is 25.7 Å². The number of aliphatic hydroxyl groups is 1. The average molecular weight is 538 g/mol. The second kappa shape index (κ2) is 9.87. The largest absolute Gasteiger partial charge is 0.394 e. The van der Waals surface area contributed by atoms with Crippen molar-refractivity contribution in [1.82, 2.24) is 9.80 Å². The Kier molecular flexibility index (Phi) is 7.01. The minimum atomic E-state index is -0.905. The lowest BCUT2D eigenvalue weighted by Crippen LogP contribution is -2.57. The van der Waals surface area contributed by atoms with Gasteiger partial charge in [0.1, 0.15) is 6.04 Å². The van der Waals surface area contributed by atoms with Crippen molar-refractivity contribution < 1.29 is 19.5 Å². The molecule has 4 aliphatic heterocycles. The number of benzene rings is 1. The summed E-state index contributed by atoms with van der Waals surface area (Å²) in [6.07, 6.45) is 9.53. The zero-order valence-electron chi connectivity index (χ0n) is 23.0. The number of likely N-dealkylation sites (tertiary alicyclic amines) is 1. The number of aliphatic hydroxyl groups excluding tert-OH is 1. The van der Waals surface area contributed by atoms with Crippen molar-refractivity contribution in [3.8, 4) is 0 Å². The predicted octanol–water partition coefficient (Wildman–Crippen LogP) is 3.47. The van der Waals surface area contributed by atoms with E-state index in [2.05, 4.69) is 6.08 Å². The number of hydrogen-bond donors (Lipinski definition) is 1. The molecule has 0 aliphatic carbocycles. The number of amides is 3. The molecule has 0 saturated carbocycles. The molecule has 8 heteroatoms. The normalized spacial score (nSPS) is 33.3. The van der Waals surface area contributed by atoms with Gasteiger partial charge in [-0.1, -0.05) is 50.3 Å². The first-order valence-electron chi connectivity index (χ1n) is 13.8. The van der Waals surface area contributed by atoms with E-state index < -0.39 is 33.4 Å². The summed E-state index contributed by atoms with van der Waals surface area (Å²) in [5, 5.41) is 10.3. The second-order valence-electron chi connectivity index (χ2n) is 11.3. The van der Waals surface area contributed by atoms with Gasteiger partial charge in [-0.3, -0.25) is 14.4 Å². The van der Waals surface area contributed by atoms with Crippen LogP contribution in [0.4, 0.5) is 5.69 Å². The third kappa shape index (κ3) is 3.86. The van der Waals surface area contributed by atoms with E-state index in [0.717, 1.165) is 23.2 Å². The first-order chi connectivity index (χ1) is 18.1. The van der Waals surface area contributed by atoms with Gasteiger partial charge in [-0.15, -0.1) is 11.8 Å². The van der Waals surface area contributed by atoms with Crippen LogP contribution in [0.25, 0.3) is 0 Å². The quantitative estimate of drug-likeness (QED) is 0.562. The highest BCUT2D eigenvalue weighted by Gasteiger charge is 2.74. The molecule has 1 spiro atoms. The monoisotopic (exact) mass is 537 g/mol. The molecule has 6 atom stereocenters. The van der Waals surface area contributed by atoms with Crippen LogP contribution >= 0.6 is 11.8 Å². The van der Waals surface area contributed by atoms with E-state index >= 15 is 0 Å². The number of carbonyl (C=O) groups excluding carboxylic acids is 3. The molecule has 204 valence electrons. The minimum absolute atomic E-state index is 0.0174. The standard InChI is InChI=1S/C30H39N3O4S/c1-6-14-31-15-8-12-29(5)23(26(31)35)24-27(36)33(21(7-2)18-34)25-28(37)32(16-9-13-30(24,25)38-29)22-17-19(3)10-11-20(22)4/h8-13,17,21,23-25,34H,6-7,14-16,18H2,1-5H3/t21-,23-,24-,25?,29+,30-/m0/s1. The maximum absolute atomic E-state index is 14.6. The van der Waals surface area contributed by atoms with Crippen molar-refractivity contribution in [2.24, 2.45) is 11.8 Å². The van der Waals surface area contributed by atoms with Crippen LogP contribution in [0.3, 0.4) is 0 Å². The van der Waals surface area contributed by atoms with Crippen molar-refractivity contribution >= 4 is 35.2 Å². The molecule has 1 aromatic carbocycles. The summed E-state index contributed by atoms with van der Waals surface area (Å²) in [6, 6.07) is 4.75. The lowest BCUT2D eigenvalue weighted by atomic mass is 9.74. The van der Waals surface area contributed by atoms with Gasteiger partial charge in [-0.25, -0.2) is 0 Å². The van der Waals surface area contributed by atoms with E-state index in [9.17, 15) is 19.5 Å². The number of thioether (sulfide) groups is 1. The van der Waals surface area contributed by atoms with Crippen LogP contribution in [-0.2, 0) is 14.4 Å². The fourth-order valence-corrected chi connectivity index (χ4v) is 9.16. The Balaban J connectivity index is 1.68. The van der Waals surface area contributed by atoms with E-state index in [0.29, 0.717) is 26.1 Å². The number of hydrogen-bond acceptors (Lipinski definition) is 5. The zero-order valence-corrected chi connectivity index (χ0v) is 23.8. The Hall–Kier alpha value is -2.58. The maximum atomic E-state index is 14.6. The van der Waals surface area contributed by atoms with Crippen LogP contribution < -0.4 is 4.90 Å². The Morgan fingerprint density at radius 3 is 2.45 bits per heavy atom. The van der Waals surface area contributed by atoms with Gasteiger partial charge in [0.15, 0.2) is 0 Å². The van der Waals surface area contributed by atoms with Crippen LogP contribution in [0.1, 0.15) is 44.7 Å². The predicted molar refractivity (Wildman–Crippen MR) is 151 cm³/mol. The maximum Gasteiger partial charge on any atom is 0.251 e. The molecule has 5 rings (SSSR count). The van der Waals surface area contributed by atoms with E-state index in [1.54, 1.807) is 21.6 Å². The molecule has 4 aliphatic rings. The summed E-state index contributed by atoms with van der Waals surface area (Å²) in [6.45, 7) is 11.3. The van der Waals surface area contributed by atoms with Crippen LogP contribution in [0.15, 0.2) is 42.5 Å². The summed E-state index contributed by atoms with van der Waals surface area (Å²) in [5.41, 5.74) is 2.87. The van der Waals surface area contributed by atoms with E-state index in [4.69, 9.17) is 0 Å². The minimum Gasteiger partial charge on any atom is -0.394 e. The molecule has 38 heavy (non-hydrogen) atoms. The number of nitrogens with zero attached hydrogens (tertiary/aromatic N) is 3. The number of carbonyl (C=O) groups is 3. The summed E-state index contributed by atoms with van der Waals surface area (Å²) < 4.78 is -1.53. The number of aryl methyl sites for hydroxylation is 2. The molecular formula is C30H39N3O4S. The molecule has 0 bridgehead atoms. The molecule has 7 nitrogen and oxygen atoms in total. The van der Waals surface area contributed by atoms with Gasteiger partial charge in [0.25, 0.3) is 5.91 Å². The van der Waals surface area contributed by atoms with Gasteiger partial charge in [-0.05, 0) is 50.8 Å². The van der Waals surface area contributed by atoms with Gasteiger partial charge < -0.3 is 19.8 Å². The number of rotatable bonds is 6. The highest BCUT2D eigenvalue weighted by molar-refractivity contribution is 8.02. The number of fused-ring (bicyclic) bond motifs is 2. The van der Waals surface area contributed by atoms with Crippen molar-refractivity contribution in [2.75, 3.05) is 31.1 Å². The third-order valence-electron chi connectivity index (χ3n) is 8.80. The zero-order chi connectivity index (χ0) is 27.4. The fourth-order valence-electron chi connectivity index (χ4n) is 7.02. The highest BCUT2D eigenvalue weighted by Crippen LogP contribution is 2.66. The molecule has 1 unspecified atom stereocenters. The topological polar surface area (TPSA) is 81.2 Å². The van der Waals surface area contributed by atoms with Gasteiger partial charge >= 0.3 is 0 Å². The van der Waals surface area contributed by atoms with Crippen LogP contribution in [0.5, 0.6) is 0 Å². The average Bonchev–Trinajstić information content (AvgIpc) is 3.16. The molecule has 4 heterocycles. The second-order valence-corrected chi connectivity index (χ2v) is 13.1. The van der Waals surface area contributed by atoms with Crippen molar-refractivity contribution in [3.63, 3.8) is 0 Å². The molecular weight excluding hydrogens is 498 g/mol. The SMILES string of the molecule is CCCN1CC=C[C@@]2(C)S[C@]34C=CCN(c5cc(C)ccc5C)C(=O)C3N([C@@H](CC)CO)C(=O)[C@@H]4[C@H]2C1=O. The van der Waals surface area contributed by atoms with E-state index in [1.807, 2.05) is 75.9 Å².